The predicted molar refractivity (Wildman–Crippen MR) is 64.2 cm³/mol. The highest BCUT2D eigenvalue weighted by Gasteiger charge is 2.07. The largest absolute Gasteiger partial charge is 0.396 e. The van der Waals surface area contributed by atoms with Crippen molar-refractivity contribution in [2.45, 2.75) is 33.1 Å². The topological polar surface area (TPSA) is 58.6 Å². The van der Waals surface area contributed by atoms with Crippen LogP contribution in [0.1, 0.15) is 33.1 Å². The molecule has 0 radical (unpaired) electrons. The Hall–Kier alpha value is -0.610. The molecule has 4 nitrogen and oxygen atoms in total. The summed E-state index contributed by atoms with van der Waals surface area (Å²) in [5.41, 5.74) is 0. The van der Waals surface area contributed by atoms with Crippen LogP contribution < -0.4 is 5.32 Å². The van der Waals surface area contributed by atoms with E-state index in [0.29, 0.717) is 6.61 Å². The van der Waals surface area contributed by atoms with Crippen molar-refractivity contribution in [2.24, 2.45) is 11.8 Å². The minimum atomic E-state index is 0.0543. The van der Waals surface area contributed by atoms with Crippen LogP contribution in [-0.2, 0) is 9.53 Å². The zero-order valence-electron chi connectivity index (χ0n) is 10.7. The van der Waals surface area contributed by atoms with Gasteiger partial charge in [-0.25, -0.2) is 0 Å². The van der Waals surface area contributed by atoms with E-state index in [0.717, 1.165) is 25.8 Å². The average molecular weight is 231 g/mol. The number of aliphatic hydroxyl groups excluding tert-OH is 1. The number of nitrogens with one attached hydrogen (secondary N) is 1. The zero-order valence-corrected chi connectivity index (χ0v) is 10.7. The Morgan fingerprint density at radius 1 is 1.38 bits per heavy atom. The minimum Gasteiger partial charge on any atom is -0.396 e. The number of aliphatic hydroxyl groups is 1. The second-order valence-corrected chi connectivity index (χ2v) is 4.45. The van der Waals surface area contributed by atoms with Crippen LogP contribution in [0.4, 0.5) is 0 Å². The monoisotopic (exact) mass is 231 g/mol. The molecular formula is C12H25NO3. The first-order valence-corrected chi connectivity index (χ1v) is 5.99. The van der Waals surface area contributed by atoms with Gasteiger partial charge in [0.25, 0.3) is 0 Å². The van der Waals surface area contributed by atoms with Crippen molar-refractivity contribution in [2.75, 3.05) is 26.9 Å². The minimum absolute atomic E-state index is 0.0543. The lowest BCUT2D eigenvalue weighted by Crippen LogP contribution is -2.28. The van der Waals surface area contributed by atoms with Gasteiger partial charge in [-0.15, -0.1) is 0 Å². The summed E-state index contributed by atoms with van der Waals surface area (Å²) >= 11 is 0. The summed E-state index contributed by atoms with van der Waals surface area (Å²) in [6, 6.07) is 0. The van der Waals surface area contributed by atoms with Gasteiger partial charge in [0.05, 0.1) is 6.61 Å². The third-order valence-electron chi connectivity index (χ3n) is 2.52. The zero-order chi connectivity index (χ0) is 12.4. The SMILES string of the molecule is COCC(CO)CCCCNC(=O)C(C)C. The van der Waals surface area contributed by atoms with E-state index in [9.17, 15) is 4.79 Å². The van der Waals surface area contributed by atoms with Crippen molar-refractivity contribution < 1.29 is 14.6 Å². The molecule has 0 bridgehead atoms. The molecule has 4 heteroatoms. The second kappa shape index (κ2) is 9.60. The smallest absolute Gasteiger partial charge is 0.222 e. The maximum atomic E-state index is 11.2. The Labute approximate surface area is 98.4 Å². The summed E-state index contributed by atoms with van der Waals surface area (Å²) in [5, 5.41) is 11.9. The Morgan fingerprint density at radius 3 is 2.56 bits per heavy atom. The van der Waals surface area contributed by atoms with E-state index in [1.807, 2.05) is 13.8 Å². The summed E-state index contributed by atoms with van der Waals surface area (Å²) in [6.07, 6.45) is 2.91. The maximum Gasteiger partial charge on any atom is 0.222 e. The number of methoxy groups -OCH3 is 1. The molecule has 0 saturated heterocycles. The molecule has 0 spiro atoms. The third-order valence-corrected chi connectivity index (χ3v) is 2.52. The summed E-state index contributed by atoms with van der Waals surface area (Å²) in [7, 11) is 1.64. The number of ether oxygens (including phenoxy) is 1. The molecule has 2 N–H and O–H groups in total. The van der Waals surface area contributed by atoms with Crippen LogP contribution in [0, 0.1) is 11.8 Å². The Balaban J connectivity index is 3.41. The van der Waals surface area contributed by atoms with E-state index in [1.54, 1.807) is 7.11 Å². The number of unbranched alkanes of at least 4 members (excludes halogenated alkanes) is 1. The molecule has 0 fully saturated rings. The lowest BCUT2D eigenvalue weighted by Gasteiger charge is -2.13. The Kier molecular flexibility index (Phi) is 9.24. The summed E-state index contributed by atoms with van der Waals surface area (Å²) in [4.78, 5) is 11.2. The molecule has 0 aromatic carbocycles. The number of amides is 1. The molecule has 0 saturated carbocycles. The first-order valence-electron chi connectivity index (χ1n) is 5.99. The molecule has 0 aromatic rings. The predicted octanol–water partition coefficient (Wildman–Crippen LogP) is 1.18. The number of rotatable bonds is 9. The average Bonchev–Trinajstić information content (AvgIpc) is 2.26. The van der Waals surface area contributed by atoms with Crippen LogP contribution in [0.2, 0.25) is 0 Å². The highest BCUT2D eigenvalue weighted by atomic mass is 16.5. The van der Waals surface area contributed by atoms with Crippen LogP contribution in [0.3, 0.4) is 0 Å². The molecule has 1 atom stereocenters. The molecule has 0 aliphatic heterocycles. The molecule has 96 valence electrons. The molecule has 1 amide bonds. The van der Waals surface area contributed by atoms with Crippen LogP contribution >= 0.6 is 0 Å². The van der Waals surface area contributed by atoms with Crippen molar-refractivity contribution in [1.29, 1.82) is 0 Å². The van der Waals surface area contributed by atoms with Crippen LogP contribution in [0.5, 0.6) is 0 Å². The van der Waals surface area contributed by atoms with Gasteiger partial charge in [-0.1, -0.05) is 20.3 Å². The van der Waals surface area contributed by atoms with Crippen molar-refractivity contribution in [3.63, 3.8) is 0 Å². The van der Waals surface area contributed by atoms with Gasteiger partial charge in [0.15, 0.2) is 0 Å². The number of hydrogen-bond donors (Lipinski definition) is 2. The Bertz CT molecular complexity index is 183. The molecule has 0 heterocycles. The van der Waals surface area contributed by atoms with Crippen molar-refractivity contribution in [1.82, 2.24) is 5.32 Å². The van der Waals surface area contributed by atoms with Crippen molar-refractivity contribution in [3.8, 4) is 0 Å². The molecule has 0 aliphatic rings. The molecule has 1 unspecified atom stereocenters. The highest BCUT2D eigenvalue weighted by Crippen LogP contribution is 2.07. The molecule has 0 aromatic heterocycles. The van der Waals surface area contributed by atoms with E-state index in [-0.39, 0.29) is 24.3 Å². The van der Waals surface area contributed by atoms with E-state index >= 15 is 0 Å². The summed E-state index contributed by atoms with van der Waals surface area (Å²) in [6.45, 7) is 5.27. The first-order chi connectivity index (χ1) is 7.61. The Morgan fingerprint density at radius 2 is 2.06 bits per heavy atom. The van der Waals surface area contributed by atoms with Crippen molar-refractivity contribution >= 4 is 5.91 Å². The maximum absolute atomic E-state index is 11.2. The number of carbonyl (C=O) groups is 1. The third kappa shape index (κ3) is 7.65. The first kappa shape index (κ1) is 15.4. The van der Waals surface area contributed by atoms with Crippen LogP contribution in [-0.4, -0.2) is 37.9 Å². The van der Waals surface area contributed by atoms with Gasteiger partial charge in [-0.2, -0.15) is 0 Å². The van der Waals surface area contributed by atoms with E-state index in [4.69, 9.17) is 9.84 Å². The number of hydrogen-bond acceptors (Lipinski definition) is 3. The van der Waals surface area contributed by atoms with Gasteiger partial charge in [0.2, 0.25) is 5.91 Å². The molecule has 0 rings (SSSR count). The van der Waals surface area contributed by atoms with Gasteiger partial charge in [-0.3, -0.25) is 4.79 Å². The molecular weight excluding hydrogens is 206 g/mol. The van der Waals surface area contributed by atoms with Gasteiger partial charge in [-0.05, 0) is 12.8 Å². The molecule has 0 aliphatic carbocycles. The quantitative estimate of drug-likeness (QED) is 0.586. The fraction of sp³-hybridized carbons (Fsp3) is 0.917. The van der Waals surface area contributed by atoms with Crippen molar-refractivity contribution in [3.05, 3.63) is 0 Å². The standard InChI is InChI=1S/C12H25NO3/c1-10(2)12(15)13-7-5-4-6-11(8-14)9-16-3/h10-11,14H,4-9H2,1-3H3,(H,13,15). The van der Waals surface area contributed by atoms with E-state index in [2.05, 4.69) is 5.32 Å². The van der Waals surface area contributed by atoms with Gasteiger partial charge in [0, 0.05) is 32.1 Å². The second-order valence-electron chi connectivity index (χ2n) is 4.45. The van der Waals surface area contributed by atoms with Gasteiger partial charge < -0.3 is 15.2 Å². The van der Waals surface area contributed by atoms with Crippen LogP contribution in [0.25, 0.3) is 0 Å². The summed E-state index contributed by atoms with van der Waals surface area (Å²) < 4.78 is 4.99. The molecule has 16 heavy (non-hydrogen) atoms. The fourth-order valence-corrected chi connectivity index (χ4v) is 1.44. The lowest BCUT2D eigenvalue weighted by molar-refractivity contribution is -0.123. The van der Waals surface area contributed by atoms with Gasteiger partial charge >= 0.3 is 0 Å². The van der Waals surface area contributed by atoms with Crippen LogP contribution in [0.15, 0.2) is 0 Å². The highest BCUT2D eigenvalue weighted by molar-refractivity contribution is 5.77. The lowest BCUT2D eigenvalue weighted by atomic mass is 10.0. The van der Waals surface area contributed by atoms with E-state index < -0.39 is 0 Å². The van der Waals surface area contributed by atoms with E-state index in [1.165, 1.54) is 0 Å². The van der Waals surface area contributed by atoms with Gasteiger partial charge in [0.1, 0.15) is 0 Å². The number of carbonyl (C=O) groups excluding carboxylic acids is 1. The normalized spacial score (nSPS) is 12.8. The fourth-order valence-electron chi connectivity index (χ4n) is 1.44. The summed E-state index contributed by atoms with van der Waals surface area (Å²) in [5.74, 6) is 0.389.